The zero-order valence-electron chi connectivity index (χ0n) is 33.1. The van der Waals surface area contributed by atoms with Gasteiger partial charge in [0.25, 0.3) is 0 Å². The number of benzene rings is 6. The van der Waals surface area contributed by atoms with Gasteiger partial charge in [0.1, 0.15) is 25.6 Å². The van der Waals surface area contributed by atoms with Gasteiger partial charge in [-0.05, 0) is 88.5 Å². The van der Waals surface area contributed by atoms with Gasteiger partial charge in [-0.15, -0.1) is 0 Å². The highest BCUT2D eigenvalue weighted by molar-refractivity contribution is 5.89. The number of phenols is 2. The van der Waals surface area contributed by atoms with Gasteiger partial charge in [-0.3, -0.25) is 0 Å². The molecule has 0 heterocycles. The quantitative estimate of drug-likeness (QED) is 0.0628. The number of phenolic OH excluding ortho intramolecular Hbond substituents is 2. The van der Waals surface area contributed by atoms with Gasteiger partial charge in [0.2, 0.25) is 0 Å². The second-order valence-electron chi connectivity index (χ2n) is 12.5. The van der Waals surface area contributed by atoms with E-state index in [9.17, 15) is 19.5 Å². The van der Waals surface area contributed by atoms with Crippen LogP contribution in [0.2, 0.25) is 0 Å². The number of aromatic hydroxyl groups is 2. The Kier molecular flexibility index (Phi) is 19.5. The lowest BCUT2D eigenvalue weighted by molar-refractivity contribution is -0.139. The Morgan fingerprint density at radius 2 is 0.967 bits per heavy atom. The van der Waals surface area contributed by atoms with Gasteiger partial charge in [0, 0.05) is 12.2 Å². The molecule has 0 saturated heterocycles. The number of carbonyl (C=O) groups is 3. The lowest BCUT2D eigenvalue weighted by Crippen LogP contribution is -2.04. The highest BCUT2D eigenvalue weighted by Crippen LogP contribution is 2.26. The van der Waals surface area contributed by atoms with Gasteiger partial charge < -0.3 is 29.2 Å². The van der Waals surface area contributed by atoms with Crippen molar-refractivity contribution in [2.24, 2.45) is 0 Å². The molecule has 0 aliphatic carbocycles. The average molecular weight is 803 g/mol. The van der Waals surface area contributed by atoms with E-state index in [1.807, 2.05) is 103 Å². The zero-order valence-corrected chi connectivity index (χ0v) is 33.1. The third-order valence-electron chi connectivity index (χ3n) is 8.01. The molecule has 0 aliphatic heterocycles. The summed E-state index contributed by atoms with van der Waals surface area (Å²) in [7, 11) is 1.49. The minimum absolute atomic E-state index is 0.0881. The molecule has 0 bridgehead atoms. The van der Waals surface area contributed by atoms with Crippen LogP contribution >= 0.6 is 0 Å². The summed E-state index contributed by atoms with van der Waals surface area (Å²) >= 11 is 0. The molecule has 0 aromatic heterocycles. The molecule has 6 aromatic rings. The second kappa shape index (κ2) is 26.1. The van der Waals surface area contributed by atoms with E-state index in [1.54, 1.807) is 97.1 Å². The topological polar surface area (TPSA) is 129 Å². The van der Waals surface area contributed by atoms with Gasteiger partial charge in [0.05, 0.1) is 12.7 Å². The standard InChI is InChI=1S/C18H16O3.C17H16O4.C16H14O2/c19-17-11-8-16(9-12-17)7-4-14-21-18(20)13-10-15-5-2-1-3-6-15;1-20-16-12-13(9-10-15(16)18)6-5-11-21-17(19)14-7-3-2-4-8-14;17-16(12-11-14-7-3-1-4-8-14)18-13-15-9-5-2-6-10-15/h1-13,19H,14H2;2-10,12,18H,11H2,1H3;1-12H,13H2/b7-4+,13-10+;6-5+;12-11+. The molecule has 9 nitrogen and oxygen atoms in total. The van der Waals surface area contributed by atoms with Crippen molar-refractivity contribution in [2.75, 3.05) is 20.3 Å². The predicted octanol–water partition coefficient (Wildman–Crippen LogP) is 10.4. The fraction of sp³-hybridized carbons (Fsp3) is 0.0784. The molecule has 0 spiro atoms. The summed E-state index contributed by atoms with van der Waals surface area (Å²) in [5.41, 5.74) is 5.23. The molecule has 6 rings (SSSR count). The van der Waals surface area contributed by atoms with Gasteiger partial charge in [-0.1, -0.05) is 140 Å². The minimum atomic E-state index is -0.380. The van der Waals surface area contributed by atoms with Crippen LogP contribution in [-0.4, -0.2) is 48.4 Å². The number of methoxy groups -OCH3 is 1. The van der Waals surface area contributed by atoms with Crippen molar-refractivity contribution < 1.29 is 43.5 Å². The number of carbonyl (C=O) groups excluding carboxylic acids is 3. The highest BCUT2D eigenvalue weighted by Gasteiger charge is 2.04. The Hall–Kier alpha value is -7.91. The molecular formula is C51H46O9. The first-order valence-corrected chi connectivity index (χ1v) is 18.8. The highest BCUT2D eigenvalue weighted by atomic mass is 16.5. The Balaban J connectivity index is 0.000000199. The first-order chi connectivity index (χ1) is 29.3. The van der Waals surface area contributed by atoms with E-state index < -0.39 is 0 Å². The third-order valence-corrected chi connectivity index (χ3v) is 8.01. The van der Waals surface area contributed by atoms with E-state index in [-0.39, 0.29) is 42.6 Å². The van der Waals surface area contributed by atoms with Gasteiger partial charge in [0.15, 0.2) is 11.5 Å². The number of esters is 3. The van der Waals surface area contributed by atoms with Crippen molar-refractivity contribution in [1.82, 2.24) is 0 Å². The van der Waals surface area contributed by atoms with Crippen LogP contribution in [-0.2, 0) is 30.4 Å². The fourth-order valence-electron chi connectivity index (χ4n) is 4.95. The normalized spacial score (nSPS) is 10.7. The van der Waals surface area contributed by atoms with Crippen LogP contribution in [0, 0.1) is 0 Å². The predicted molar refractivity (Wildman–Crippen MR) is 236 cm³/mol. The van der Waals surface area contributed by atoms with Gasteiger partial charge >= 0.3 is 17.9 Å². The monoisotopic (exact) mass is 802 g/mol. The molecule has 60 heavy (non-hydrogen) atoms. The smallest absolute Gasteiger partial charge is 0.338 e. The molecule has 304 valence electrons. The maximum absolute atomic E-state index is 11.7. The van der Waals surface area contributed by atoms with Crippen molar-refractivity contribution in [3.8, 4) is 17.2 Å². The van der Waals surface area contributed by atoms with Crippen LogP contribution < -0.4 is 4.74 Å². The molecule has 0 radical (unpaired) electrons. The first-order valence-electron chi connectivity index (χ1n) is 18.8. The van der Waals surface area contributed by atoms with Crippen molar-refractivity contribution in [3.63, 3.8) is 0 Å². The summed E-state index contributed by atoms with van der Waals surface area (Å²) in [5, 5.41) is 18.6. The molecule has 9 heteroatoms. The van der Waals surface area contributed by atoms with Gasteiger partial charge in [-0.25, -0.2) is 14.4 Å². The van der Waals surface area contributed by atoms with E-state index in [2.05, 4.69) is 0 Å². The number of hydrogen-bond acceptors (Lipinski definition) is 9. The molecule has 0 fully saturated rings. The summed E-state index contributed by atoms with van der Waals surface area (Å²) in [4.78, 5) is 34.7. The Morgan fingerprint density at radius 1 is 0.500 bits per heavy atom. The maximum atomic E-state index is 11.7. The van der Waals surface area contributed by atoms with Crippen LogP contribution in [0.15, 0.2) is 188 Å². The summed E-state index contributed by atoms with van der Waals surface area (Å²) in [5.74, 6) is -0.353. The van der Waals surface area contributed by atoms with Crippen molar-refractivity contribution in [1.29, 1.82) is 0 Å². The van der Waals surface area contributed by atoms with Crippen LogP contribution in [0.4, 0.5) is 0 Å². The Bertz CT molecular complexity index is 2300. The largest absolute Gasteiger partial charge is 0.508 e. The average Bonchev–Trinajstić information content (AvgIpc) is 3.30. The van der Waals surface area contributed by atoms with Crippen molar-refractivity contribution in [3.05, 3.63) is 221 Å². The van der Waals surface area contributed by atoms with E-state index in [0.29, 0.717) is 17.9 Å². The first kappa shape index (κ1) is 44.8. The third kappa shape index (κ3) is 17.9. The molecule has 6 aromatic carbocycles. The van der Waals surface area contributed by atoms with Crippen LogP contribution in [0.25, 0.3) is 24.3 Å². The van der Waals surface area contributed by atoms with Crippen LogP contribution in [0.5, 0.6) is 17.2 Å². The Labute approximate surface area is 350 Å². The van der Waals surface area contributed by atoms with Gasteiger partial charge in [-0.2, -0.15) is 0 Å². The maximum Gasteiger partial charge on any atom is 0.338 e. The minimum Gasteiger partial charge on any atom is -0.508 e. The lowest BCUT2D eigenvalue weighted by atomic mass is 10.2. The lowest BCUT2D eigenvalue weighted by Gasteiger charge is -2.04. The molecule has 2 N–H and O–H groups in total. The zero-order chi connectivity index (χ0) is 42.6. The fourth-order valence-corrected chi connectivity index (χ4v) is 4.95. The van der Waals surface area contributed by atoms with Crippen LogP contribution in [0.3, 0.4) is 0 Å². The second-order valence-corrected chi connectivity index (χ2v) is 12.5. The van der Waals surface area contributed by atoms with Crippen molar-refractivity contribution >= 4 is 42.2 Å². The molecule has 0 saturated carbocycles. The molecule has 0 amide bonds. The number of rotatable bonds is 14. The van der Waals surface area contributed by atoms with E-state index in [1.165, 1.54) is 19.3 Å². The van der Waals surface area contributed by atoms with E-state index in [0.717, 1.165) is 27.8 Å². The molecule has 0 unspecified atom stereocenters. The molecule has 0 aliphatic rings. The SMILES string of the molecule is COc1cc(/C=C/COC(=O)c2ccccc2)ccc1O.O=C(/C=C/c1ccccc1)OC/C=C/c1ccc(O)cc1.O=C(/C=C/c1ccccc1)OCc1ccccc1. The van der Waals surface area contributed by atoms with Crippen LogP contribution in [0.1, 0.15) is 38.2 Å². The summed E-state index contributed by atoms with van der Waals surface area (Å²) in [6.45, 7) is 0.689. The summed E-state index contributed by atoms with van der Waals surface area (Å²) in [6.07, 6.45) is 13.4. The van der Waals surface area contributed by atoms with E-state index in [4.69, 9.17) is 24.1 Å². The Morgan fingerprint density at radius 3 is 1.53 bits per heavy atom. The van der Waals surface area contributed by atoms with Crippen molar-refractivity contribution in [2.45, 2.75) is 6.61 Å². The number of ether oxygens (including phenoxy) is 4. The molecule has 0 atom stereocenters. The number of hydrogen-bond donors (Lipinski definition) is 2. The van der Waals surface area contributed by atoms with E-state index >= 15 is 0 Å². The molecular weight excluding hydrogens is 757 g/mol. The summed E-state index contributed by atoms with van der Waals surface area (Å²) < 4.78 is 20.3. The summed E-state index contributed by atoms with van der Waals surface area (Å²) in [6, 6.07) is 49.4.